The van der Waals surface area contributed by atoms with E-state index in [1.807, 2.05) is 0 Å². The fourth-order valence-electron chi connectivity index (χ4n) is 3.21. The van der Waals surface area contributed by atoms with Gasteiger partial charge in [0.05, 0.1) is 7.11 Å². The summed E-state index contributed by atoms with van der Waals surface area (Å²) in [6, 6.07) is 10.0. The van der Waals surface area contributed by atoms with Gasteiger partial charge in [-0.25, -0.2) is 4.79 Å². The highest BCUT2D eigenvalue weighted by Crippen LogP contribution is 2.38. The third-order valence-corrected chi connectivity index (χ3v) is 4.66. The van der Waals surface area contributed by atoms with E-state index >= 15 is 0 Å². The van der Waals surface area contributed by atoms with Crippen LogP contribution in [-0.4, -0.2) is 36.7 Å². The summed E-state index contributed by atoms with van der Waals surface area (Å²) in [6.45, 7) is 0.164. The normalized spacial score (nSPS) is 16.4. The molecule has 2 aromatic carbocycles. The van der Waals surface area contributed by atoms with Crippen LogP contribution in [0.2, 0.25) is 0 Å². The number of carbonyl (C=O) groups is 1. The minimum absolute atomic E-state index is 0.0140. The molecule has 2 aromatic rings. The number of fused-ring (bicyclic) bond motifs is 1. The molecule has 2 heterocycles. The van der Waals surface area contributed by atoms with Crippen LogP contribution in [0.1, 0.15) is 17.2 Å². The lowest BCUT2D eigenvalue weighted by Crippen LogP contribution is -2.07. The highest BCUT2D eigenvalue weighted by atomic mass is 16.7. The summed E-state index contributed by atoms with van der Waals surface area (Å²) in [7, 11) is 1.46. The van der Waals surface area contributed by atoms with Crippen LogP contribution >= 0.6 is 0 Å². The molecule has 7 heteroatoms. The van der Waals surface area contributed by atoms with Gasteiger partial charge in [0.25, 0.3) is 0 Å². The molecule has 2 N–H and O–H groups in total. The number of aliphatic hydroxyl groups excluding tert-OH is 1. The molecule has 0 aromatic heterocycles. The molecule has 0 saturated heterocycles. The Bertz CT molecular complexity index is 932. The van der Waals surface area contributed by atoms with Gasteiger partial charge in [-0.2, -0.15) is 0 Å². The fraction of sp³-hybridized carbons (Fsp3) is 0.250. The van der Waals surface area contributed by atoms with Crippen LogP contribution < -0.4 is 14.2 Å². The lowest BCUT2D eigenvalue weighted by molar-refractivity contribution is -0.136. The van der Waals surface area contributed by atoms with Crippen LogP contribution in [0.3, 0.4) is 0 Å². The van der Waals surface area contributed by atoms with Crippen molar-refractivity contribution in [3.63, 3.8) is 0 Å². The van der Waals surface area contributed by atoms with Crippen molar-refractivity contribution in [2.45, 2.75) is 12.5 Å². The molecule has 2 aliphatic rings. The number of methoxy groups -OCH3 is 1. The standard InChI is InChI=1S/C20H18O7/c1-24-16-4-2-11(7-15(16)21)6-13-14(9-25-20(13)23)19(22)12-3-5-17-18(8-12)27-10-26-17/h2-5,7-8,19,21-22H,6,9-10H2,1H3. The van der Waals surface area contributed by atoms with Gasteiger partial charge in [-0.3, -0.25) is 0 Å². The highest BCUT2D eigenvalue weighted by molar-refractivity contribution is 5.92. The number of aliphatic hydroxyl groups is 1. The molecule has 0 fully saturated rings. The van der Waals surface area contributed by atoms with Crippen molar-refractivity contribution in [3.8, 4) is 23.0 Å². The van der Waals surface area contributed by atoms with E-state index < -0.39 is 12.1 Å². The second-order valence-electron chi connectivity index (χ2n) is 6.28. The fourth-order valence-corrected chi connectivity index (χ4v) is 3.21. The summed E-state index contributed by atoms with van der Waals surface area (Å²) in [5, 5.41) is 20.7. The van der Waals surface area contributed by atoms with Crippen LogP contribution in [0, 0.1) is 0 Å². The number of hydrogen-bond acceptors (Lipinski definition) is 7. The number of hydrogen-bond donors (Lipinski definition) is 2. The van der Waals surface area contributed by atoms with Crippen LogP contribution in [0.4, 0.5) is 0 Å². The SMILES string of the molecule is COc1ccc(CC2=C(C(O)c3ccc4c(c3)OCO4)COC2=O)cc1O. The van der Waals surface area contributed by atoms with Crippen LogP contribution in [0.15, 0.2) is 47.5 Å². The Labute approximate surface area is 155 Å². The molecule has 0 spiro atoms. The van der Waals surface area contributed by atoms with Gasteiger partial charge in [0, 0.05) is 17.6 Å². The lowest BCUT2D eigenvalue weighted by Gasteiger charge is -2.14. The number of benzene rings is 2. The quantitative estimate of drug-likeness (QED) is 0.780. The van der Waals surface area contributed by atoms with E-state index in [4.69, 9.17) is 18.9 Å². The Kier molecular flexibility index (Phi) is 4.37. The monoisotopic (exact) mass is 370 g/mol. The first-order chi connectivity index (χ1) is 13.1. The molecular weight excluding hydrogens is 352 g/mol. The maximum atomic E-state index is 12.2. The summed E-state index contributed by atoms with van der Waals surface area (Å²) in [5.74, 6) is 1.04. The van der Waals surface area contributed by atoms with Crippen molar-refractivity contribution in [1.29, 1.82) is 0 Å². The van der Waals surface area contributed by atoms with Gasteiger partial charge >= 0.3 is 5.97 Å². The van der Waals surface area contributed by atoms with E-state index in [0.717, 1.165) is 0 Å². The summed E-state index contributed by atoms with van der Waals surface area (Å²) in [6.07, 6.45) is -0.777. The molecule has 1 atom stereocenters. The molecule has 140 valence electrons. The van der Waals surface area contributed by atoms with E-state index in [1.165, 1.54) is 13.2 Å². The van der Waals surface area contributed by atoms with Crippen LogP contribution in [0.25, 0.3) is 0 Å². The molecule has 2 aliphatic heterocycles. The smallest absolute Gasteiger partial charge is 0.334 e. The molecule has 4 rings (SSSR count). The van der Waals surface area contributed by atoms with Gasteiger partial charge in [-0.05, 0) is 35.4 Å². The Balaban J connectivity index is 1.64. The first-order valence-corrected chi connectivity index (χ1v) is 8.39. The number of phenols is 1. The Morgan fingerprint density at radius 1 is 1.11 bits per heavy atom. The van der Waals surface area contributed by atoms with E-state index in [9.17, 15) is 15.0 Å². The van der Waals surface area contributed by atoms with Crippen molar-refractivity contribution in [1.82, 2.24) is 0 Å². The molecule has 0 saturated carbocycles. The molecular formula is C20H18O7. The third-order valence-electron chi connectivity index (χ3n) is 4.66. The topological polar surface area (TPSA) is 94.5 Å². The largest absolute Gasteiger partial charge is 0.504 e. The van der Waals surface area contributed by atoms with Crippen LogP contribution in [-0.2, 0) is 16.0 Å². The summed E-state index contributed by atoms with van der Waals surface area (Å²) in [4.78, 5) is 12.2. The summed E-state index contributed by atoms with van der Waals surface area (Å²) < 4.78 is 20.8. The predicted molar refractivity (Wildman–Crippen MR) is 93.9 cm³/mol. The molecule has 0 aliphatic carbocycles. The van der Waals surface area contributed by atoms with E-state index in [1.54, 1.807) is 30.3 Å². The Hall–Kier alpha value is -3.19. The number of carbonyl (C=O) groups excluding carboxylic acids is 1. The summed E-state index contributed by atoms with van der Waals surface area (Å²) >= 11 is 0. The van der Waals surface area contributed by atoms with E-state index in [2.05, 4.69) is 0 Å². The number of cyclic esters (lactones) is 1. The predicted octanol–water partition coefficient (Wildman–Crippen LogP) is 2.26. The van der Waals surface area contributed by atoms with Gasteiger partial charge < -0.3 is 29.2 Å². The second kappa shape index (κ2) is 6.85. The van der Waals surface area contributed by atoms with E-state index in [-0.39, 0.29) is 25.6 Å². The van der Waals surface area contributed by atoms with Gasteiger partial charge in [0.1, 0.15) is 12.7 Å². The zero-order valence-corrected chi connectivity index (χ0v) is 14.6. The second-order valence-corrected chi connectivity index (χ2v) is 6.28. The van der Waals surface area contributed by atoms with Crippen molar-refractivity contribution < 1.29 is 34.0 Å². The lowest BCUT2D eigenvalue weighted by atomic mass is 9.94. The molecule has 0 bridgehead atoms. The first-order valence-electron chi connectivity index (χ1n) is 8.39. The molecule has 1 unspecified atom stereocenters. The van der Waals surface area contributed by atoms with Crippen molar-refractivity contribution in [2.24, 2.45) is 0 Å². The minimum Gasteiger partial charge on any atom is -0.504 e. The van der Waals surface area contributed by atoms with Gasteiger partial charge in [-0.15, -0.1) is 0 Å². The van der Waals surface area contributed by atoms with Crippen molar-refractivity contribution >= 4 is 5.97 Å². The average molecular weight is 370 g/mol. The highest BCUT2D eigenvalue weighted by Gasteiger charge is 2.31. The number of esters is 1. The van der Waals surface area contributed by atoms with Gasteiger partial charge in [0.2, 0.25) is 6.79 Å². The zero-order valence-electron chi connectivity index (χ0n) is 14.6. The number of phenolic OH excluding ortho intramolecular Hbond substituents is 1. The maximum Gasteiger partial charge on any atom is 0.334 e. The first kappa shape index (κ1) is 17.2. The third kappa shape index (κ3) is 3.17. The Morgan fingerprint density at radius 2 is 1.93 bits per heavy atom. The van der Waals surface area contributed by atoms with Crippen LogP contribution in [0.5, 0.6) is 23.0 Å². The molecule has 7 nitrogen and oxygen atoms in total. The number of aromatic hydroxyl groups is 1. The Morgan fingerprint density at radius 3 is 2.70 bits per heavy atom. The number of rotatable bonds is 5. The molecule has 0 radical (unpaired) electrons. The maximum absolute atomic E-state index is 12.2. The van der Waals surface area contributed by atoms with Gasteiger partial charge in [0.15, 0.2) is 23.0 Å². The molecule has 0 amide bonds. The average Bonchev–Trinajstić information content (AvgIpc) is 3.28. The zero-order chi connectivity index (χ0) is 19.0. The minimum atomic E-state index is -1.01. The summed E-state index contributed by atoms with van der Waals surface area (Å²) in [5.41, 5.74) is 2.17. The van der Waals surface area contributed by atoms with Crippen molar-refractivity contribution in [2.75, 3.05) is 20.5 Å². The van der Waals surface area contributed by atoms with E-state index in [0.29, 0.717) is 39.5 Å². The van der Waals surface area contributed by atoms with Gasteiger partial charge in [-0.1, -0.05) is 12.1 Å². The molecule has 27 heavy (non-hydrogen) atoms. The number of ether oxygens (including phenoxy) is 4. The van der Waals surface area contributed by atoms with Crippen molar-refractivity contribution in [3.05, 3.63) is 58.7 Å².